The topological polar surface area (TPSA) is 0 Å². The molecule has 1 aromatic rings. The van der Waals surface area contributed by atoms with Gasteiger partial charge in [-0.15, -0.1) is 0 Å². The van der Waals surface area contributed by atoms with Crippen LogP contribution in [0.5, 0.6) is 0 Å². The van der Waals surface area contributed by atoms with E-state index in [-0.39, 0.29) is 8.80 Å². The van der Waals surface area contributed by atoms with Crippen molar-refractivity contribution in [2.45, 2.75) is 45.7 Å². The molecule has 0 fully saturated rings. The molecule has 0 unspecified atom stereocenters. The molecule has 15 heavy (non-hydrogen) atoms. The van der Waals surface area contributed by atoms with Crippen LogP contribution in [0.3, 0.4) is 0 Å². The first kappa shape index (κ1) is 14.5. The molecule has 0 aliphatic rings. The van der Waals surface area contributed by atoms with E-state index in [1.807, 2.05) is 25.0 Å². The molecule has 2 heteroatoms. The van der Waals surface area contributed by atoms with Crippen LogP contribution in [0.1, 0.15) is 20.8 Å². The molecule has 0 saturated heterocycles. The van der Waals surface area contributed by atoms with E-state index in [0.717, 1.165) is 0 Å². The van der Waals surface area contributed by atoms with Gasteiger partial charge in [0.05, 0.1) is 0 Å². The first-order valence-electron chi connectivity index (χ1n) is 5.96. The Morgan fingerprint density at radius 1 is 0.933 bits per heavy atom. The van der Waals surface area contributed by atoms with E-state index in [0.29, 0.717) is 0 Å². The van der Waals surface area contributed by atoms with Gasteiger partial charge in [-0.3, -0.25) is 0 Å². The highest BCUT2D eigenvalue weighted by Gasteiger charge is 1.98. The Labute approximate surface area is 98.0 Å². The number of hydrogen-bond acceptors (Lipinski definition) is 0. The van der Waals surface area contributed by atoms with E-state index in [1.165, 1.54) is 23.6 Å². The molecule has 0 saturated carbocycles. The monoisotopic (exact) mass is 218 g/mol. The van der Waals surface area contributed by atoms with Crippen molar-refractivity contribution in [3.8, 4) is 0 Å². The number of benzene rings is 1. The predicted octanol–water partition coefficient (Wildman–Crippen LogP) is 3.61. The lowest BCUT2D eigenvalue weighted by molar-refractivity contribution is 1.24. The summed E-state index contributed by atoms with van der Waals surface area (Å²) < 4.78 is 0. The predicted molar refractivity (Wildman–Crippen MR) is 74.9 cm³/mol. The Balaban J connectivity index is 0.000000265. The lowest BCUT2D eigenvalue weighted by atomic mass is 9.74. The summed E-state index contributed by atoms with van der Waals surface area (Å²) in [6.45, 7) is 8.96. The van der Waals surface area contributed by atoms with Gasteiger partial charge in [-0.1, -0.05) is 81.5 Å². The summed E-state index contributed by atoms with van der Waals surface area (Å²) in [6.07, 6.45) is 0. The van der Waals surface area contributed by atoms with Gasteiger partial charge in [0.15, 0.2) is 0 Å². The maximum absolute atomic E-state index is 2.31. The molecular formula is C13H23BSi. The van der Waals surface area contributed by atoms with Crippen molar-refractivity contribution in [1.82, 2.24) is 0 Å². The quantitative estimate of drug-likeness (QED) is 0.677. The standard InChI is InChI=1S/C7H8B.C6H15Si/c1-8-7-5-3-2-4-6-7;1-4-7(5-2)6-3/h2-6H,1H3;4-6H2,1-3H3. The maximum atomic E-state index is 2.31. The van der Waals surface area contributed by atoms with E-state index in [4.69, 9.17) is 0 Å². The van der Waals surface area contributed by atoms with Crippen molar-refractivity contribution in [3.05, 3.63) is 30.3 Å². The van der Waals surface area contributed by atoms with Crippen LogP contribution in [0.2, 0.25) is 25.0 Å². The Hall–Kier alpha value is -0.498. The number of rotatable bonds is 4. The molecule has 0 N–H and O–H groups in total. The summed E-state index contributed by atoms with van der Waals surface area (Å²) in [5, 5.41) is 0. The smallest absolute Gasteiger partial charge is 0.0881 e. The third kappa shape index (κ3) is 7.43. The molecule has 0 nitrogen and oxygen atoms in total. The SMILES string of the molecule is CC[Si](CC)CC.C[B]c1ccccc1. The van der Waals surface area contributed by atoms with Crippen molar-refractivity contribution in [3.63, 3.8) is 0 Å². The zero-order chi connectivity index (χ0) is 11.5. The van der Waals surface area contributed by atoms with Crippen molar-refractivity contribution >= 4 is 21.5 Å². The largest absolute Gasteiger partial charge is 0.148 e. The Bertz CT molecular complexity index is 214. The van der Waals surface area contributed by atoms with Crippen molar-refractivity contribution in [2.75, 3.05) is 0 Å². The Morgan fingerprint density at radius 2 is 1.40 bits per heavy atom. The molecule has 1 rings (SSSR count). The third-order valence-corrected chi connectivity index (χ3v) is 5.63. The molecule has 0 bridgehead atoms. The van der Waals surface area contributed by atoms with Crippen LogP contribution in [0.4, 0.5) is 0 Å². The van der Waals surface area contributed by atoms with Gasteiger partial charge in [-0.05, 0) is 0 Å². The molecule has 82 valence electrons. The Morgan fingerprint density at radius 3 is 1.60 bits per heavy atom. The third-order valence-electron chi connectivity index (χ3n) is 2.63. The lowest BCUT2D eigenvalue weighted by Crippen LogP contribution is -2.07. The first-order valence-corrected chi connectivity index (χ1v) is 8.08. The fourth-order valence-corrected chi connectivity index (χ4v) is 2.90. The minimum Gasteiger partial charge on any atom is -0.0881 e. The molecule has 0 atom stereocenters. The van der Waals surface area contributed by atoms with Gasteiger partial charge in [0.1, 0.15) is 7.28 Å². The zero-order valence-electron chi connectivity index (χ0n) is 10.6. The van der Waals surface area contributed by atoms with Gasteiger partial charge < -0.3 is 0 Å². The summed E-state index contributed by atoms with van der Waals surface area (Å²) in [6, 6.07) is 14.6. The molecule has 2 radical (unpaired) electrons. The van der Waals surface area contributed by atoms with Gasteiger partial charge in [0.25, 0.3) is 0 Å². The van der Waals surface area contributed by atoms with Crippen LogP contribution < -0.4 is 5.46 Å². The molecule has 0 spiro atoms. The second-order valence-corrected chi connectivity index (χ2v) is 7.13. The summed E-state index contributed by atoms with van der Waals surface area (Å²) in [7, 11) is 2.22. The lowest BCUT2D eigenvalue weighted by Gasteiger charge is -2.02. The van der Waals surface area contributed by atoms with Crippen LogP contribution in [0.25, 0.3) is 0 Å². The summed E-state index contributed by atoms with van der Waals surface area (Å²) in [4.78, 5) is 0. The molecule has 0 aliphatic heterocycles. The van der Waals surface area contributed by atoms with E-state index in [2.05, 4.69) is 40.2 Å². The highest BCUT2D eigenvalue weighted by Crippen LogP contribution is 2.01. The highest BCUT2D eigenvalue weighted by molar-refractivity contribution is 6.58. The molecular weight excluding hydrogens is 195 g/mol. The molecule has 0 amide bonds. The zero-order valence-corrected chi connectivity index (χ0v) is 11.6. The van der Waals surface area contributed by atoms with Crippen LogP contribution >= 0.6 is 0 Å². The van der Waals surface area contributed by atoms with Gasteiger partial charge in [-0.2, -0.15) is 0 Å². The average Bonchev–Trinajstić information content (AvgIpc) is 2.33. The summed E-state index contributed by atoms with van der Waals surface area (Å²) in [5.74, 6) is 0. The molecule has 1 aromatic carbocycles. The highest BCUT2D eigenvalue weighted by atomic mass is 28.3. The van der Waals surface area contributed by atoms with Gasteiger partial charge >= 0.3 is 0 Å². The molecule has 0 aromatic heterocycles. The first-order chi connectivity index (χ1) is 7.28. The van der Waals surface area contributed by atoms with Gasteiger partial charge in [0, 0.05) is 8.80 Å². The maximum Gasteiger partial charge on any atom is 0.148 e. The van der Waals surface area contributed by atoms with E-state index < -0.39 is 0 Å². The Kier molecular flexibility index (Phi) is 9.70. The fraction of sp³-hybridized carbons (Fsp3) is 0.538. The average molecular weight is 218 g/mol. The summed E-state index contributed by atoms with van der Waals surface area (Å²) >= 11 is 0. The van der Waals surface area contributed by atoms with E-state index in [9.17, 15) is 0 Å². The number of hydrogen-bond donors (Lipinski definition) is 0. The van der Waals surface area contributed by atoms with E-state index >= 15 is 0 Å². The second kappa shape index (κ2) is 10.0. The minimum absolute atomic E-state index is 0.137. The van der Waals surface area contributed by atoms with Gasteiger partial charge in [-0.25, -0.2) is 0 Å². The van der Waals surface area contributed by atoms with Crippen LogP contribution in [-0.4, -0.2) is 16.1 Å². The second-order valence-electron chi connectivity index (χ2n) is 3.51. The molecule has 0 heterocycles. The fourth-order valence-electron chi connectivity index (χ4n) is 1.40. The van der Waals surface area contributed by atoms with Gasteiger partial charge in [0.2, 0.25) is 0 Å². The van der Waals surface area contributed by atoms with Crippen LogP contribution in [-0.2, 0) is 0 Å². The van der Waals surface area contributed by atoms with Crippen LogP contribution in [0.15, 0.2) is 30.3 Å². The van der Waals surface area contributed by atoms with Crippen molar-refractivity contribution in [1.29, 1.82) is 0 Å². The minimum atomic E-state index is 0.137. The van der Waals surface area contributed by atoms with E-state index in [1.54, 1.807) is 0 Å². The van der Waals surface area contributed by atoms with Crippen molar-refractivity contribution in [2.24, 2.45) is 0 Å². The normalized spacial score (nSPS) is 9.40. The molecule has 0 aliphatic carbocycles. The van der Waals surface area contributed by atoms with Crippen molar-refractivity contribution < 1.29 is 0 Å². The summed E-state index contributed by atoms with van der Waals surface area (Å²) in [5.41, 5.74) is 1.28. The van der Waals surface area contributed by atoms with Crippen LogP contribution in [0, 0.1) is 0 Å².